The molecule has 0 aliphatic rings. The molecule has 0 aliphatic heterocycles. The second-order valence-corrected chi connectivity index (χ2v) is 7.48. The van der Waals surface area contributed by atoms with Crippen molar-refractivity contribution < 1.29 is 4.79 Å². The lowest BCUT2D eigenvalue weighted by molar-refractivity contribution is -0.116. The van der Waals surface area contributed by atoms with Crippen molar-refractivity contribution in [1.29, 1.82) is 0 Å². The van der Waals surface area contributed by atoms with Crippen LogP contribution in [0.25, 0.3) is 11.4 Å². The van der Waals surface area contributed by atoms with Crippen LogP contribution >= 0.6 is 23.8 Å². The van der Waals surface area contributed by atoms with Gasteiger partial charge in [0.1, 0.15) is 6.54 Å². The Labute approximate surface area is 180 Å². The van der Waals surface area contributed by atoms with E-state index in [0.717, 1.165) is 36.4 Å². The summed E-state index contributed by atoms with van der Waals surface area (Å²) in [5.74, 6) is 0.426. The predicted molar refractivity (Wildman–Crippen MR) is 120 cm³/mol. The first-order chi connectivity index (χ1) is 14.0. The zero-order valence-electron chi connectivity index (χ0n) is 16.5. The fourth-order valence-electron chi connectivity index (χ4n) is 3.08. The second-order valence-electron chi connectivity index (χ2n) is 6.66. The van der Waals surface area contributed by atoms with Gasteiger partial charge in [0.15, 0.2) is 10.6 Å². The maximum absolute atomic E-state index is 12.7. The predicted octanol–water partition coefficient (Wildman–Crippen LogP) is 4.74. The number of carbonyl (C=O) groups excluding carboxylic acids is 1. The van der Waals surface area contributed by atoms with E-state index in [-0.39, 0.29) is 12.5 Å². The molecule has 2 aromatic carbocycles. The van der Waals surface area contributed by atoms with E-state index in [4.69, 9.17) is 23.8 Å². The second kappa shape index (κ2) is 9.82. The average Bonchev–Trinajstić information content (AvgIpc) is 3.07. The SMILES string of the molecule is CCN(CC)Cc1cccc(NC(=O)Cn2c(-c3ccc(Cl)cc3)n[nH]c2=S)c1. The molecule has 0 unspecified atom stereocenters. The van der Waals surface area contributed by atoms with Crippen molar-refractivity contribution in [2.24, 2.45) is 0 Å². The van der Waals surface area contributed by atoms with E-state index in [1.54, 1.807) is 16.7 Å². The molecular weight excluding hydrogens is 406 g/mol. The number of carbonyl (C=O) groups is 1. The van der Waals surface area contributed by atoms with Crippen molar-refractivity contribution in [2.75, 3.05) is 18.4 Å². The minimum atomic E-state index is -0.169. The van der Waals surface area contributed by atoms with Crippen LogP contribution in [-0.4, -0.2) is 38.7 Å². The summed E-state index contributed by atoms with van der Waals surface area (Å²) in [6.07, 6.45) is 0. The van der Waals surface area contributed by atoms with Gasteiger partial charge in [-0.2, -0.15) is 5.10 Å². The number of anilines is 1. The van der Waals surface area contributed by atoms with Crippen molar-refractivity contribution in [3.63, 3.8) is 0 Å². The summed E-state index contributed by atoms with van der Waals surface area (Å²) in [4.78, 5) is 15.0. The average molecular weight is 430 g/mol. The molecule has 0 spiro atoms. The number of hydrogen-bond donors (Lipinski definition) is 2. The smallest absolute Gasteiger partial charge is 0.244 e. The van der Waals surface area contributed by atoms with E-state index in [0.29, 0.717) is 15.6 Å². The van der Waals surface area contributed by atoms with E-state index < -0.39 is 0 Å². The van der Waals surface area contributed by atoms with Crippen molar-refractivity contribution in [1.82, 2.24) is 19.7 Å². The highest BCUT2D eigenvalue weighted by Gasteiger charge is 2.13. The zero-order valence-corrected chi connectivity index (χ0v) is 18.1. The summed E-state index contributed by atoms with van der Waals surface area (Å²) < 4.78 is 2.06. The summed E-state index contributed by atoms with van der Waals surface area (Å²) in [7, 11) is 0. The third-order valence-electron chi connectivity index (χ3n) is 4.67. The number of benzene rings is 2. The molecule has 0 radical (unpaired) electrons. The van der Waals surface area contributed by atoms with E-state index >= 15 is 0 Å². The van der Waals surface area contributed by atoms with Crippen molar-refractivity contribution in [2.45, 2.75) is 26.9 Å². The molecule has 0 fully saturated rings. The number of amides is 1. The summed E-state index contributed by atoms with van der Waals surface area (Å²) in [6, 6.07) is 15.2. The number of rotatable bonds is 8. The van der Waals surface area contributed by atoms with Crippen molar-refractivity contribution in [3.05, 3.63) is 63.9 Å². The van der Waals surface area contributed by atoms with Gasteiger partial charge < -0.3 is 5.32 Å². The molecule has 1 aromatic heterocycles. The molecule has 3 rings (SSSR count). The van der Waals surface area contributed by atoms with Gasteiger partial charge in [0, 0.05) is 22.8 Å². The van der Waals surface area contributed by atoms with Gasteiger partial charge in [0.05, 0.1) is 0 Å². The highest BCUT2D eigenvalue weighted by molar-refractivity contribution is 7.71. The van der Waals surface area contributed by atoms with Crippen LogP contribution in [0.3, 0.4) is 0 Å². The lowest BCUT2D eigenvalue weighted by atomic mass is 10.2. The van der Waals surface area contributed by atoms with Gasteiger partial charge in [0.25, 0.3) is 0 Å². The highest BCUT2D eigenvalue weighted by Crippen LogP contribution is 2.20. The normalized spacial score (nSPS) is 11.0. The molecule has 8 heteroatoms. The minimum absolute atomic E-state index is 0.0631. The third-order valence-corrected chi connectivity index (χ3v) is 5.24. The Morgan fingerprint density at radius 3 is 2.62 bits per heavy atom. The molecule has 0 saturated heterocycles. The Bertz CT molecular complexity index is 1020. The van der Waals surface area contributed by atoms with Crippen LogP contribution in [0.1, 0.15) is 19.4 Å². The Morgan fingerprint density at radius 1 is 1.21 bits per heavy atom. The van der Waals surface area contributed by atoms with Gasteiger partial charge in [-0.05, 0) is 67.3 Å². The Kier molecular flexibility index (Phi) is 7.19. The molecule has 3 aromatic rings. The number of halogens is 1. The first-order valence-electron chi connectivity index (χ1n) is 9.52. The molecule has 0 saturated carbocycles. The van der Waals surface area contributed by atoms with E-state index in [9.17, 15) is 4.79 Å². The number of hydrogen-bond acceptors (Lipinski definition) is 4. The van der Waals surface area contributed by atoms with Crippen LogP contribution in [0.4, 0.5) is 5.69 Å². The molecule has 152 valence electrons. The third kappa shape index (κ3) is 5.53. The first kappa shape index (κ1) is 21.2. The van der Waals surface area contributed by atoms with Crippen molar-refractivity contribution in [3.8, 4) is 11.4 Å². The molecule has 1 amide bonds. The molecule has 29 heavy (non-hydrogen) atoms. The van der Waals surface area contributed by atoms with Gasteiger partial charge in [-0.15, -0.1) is 0 Å². The molecule has 0 atom stereocenters. The quantitative estimate of drug-likeness (QED) is 0.507. The standard InChI is InChI=1S/C21H24ClN5OS/c1-3-26(4-2)13-15-6-5-7-18(12-15)23-19(28)14-27-20(24-25-21(27)29)16-8-10-17(22)11-9-16/h5-12H,3-4,13-14H2,1-2H3,(H,23,28)(H,25,29). The minimum Gasteiger partial charge on any atom is -0.325 e. The lowest BCUT2D eigenvalue weighted by Gasteiger charge is -2.18. The summed E-state index contributed by atoms with van der Waals surface area (Å²) >= 11 is 11.3. The zero-order chi connectivity index (χ0) is 20.8. The number of nitrogens with zero attached hydrogens (tertiary/aromatic N) is 3. The van der Waals surface area contributed by atoms with E-state index in [1.165, 1.54) is 0 Å². The van der Waals surface area contributed by atoms with Gasteiger partial charge in [-0.1, -0.05) is 37.6 Å². The Hall–Kier alpha value is -2.48. The van der Waals surface area contributed by atoms with Crippen LogP contribution in [0.5, 0.6) is 0 Å². The molecule has 1 heterocycles. The molecule has 0 bridgehead atoms. The van der Waals surface area contributed by atoms with Crippen LogP contribution in [0.2, 0.25) is 5.02 Å². The topological polar surface area (TPSA) is 66.0 Å². The summed E-state index contributed by atoms with van der Waals surface area (Å²) in [5.41, 5.74) is 2.76. The number of aromatic nitrogens is 3. The summed E-state index contributed by atoms with van der Waals surface area (Å²) in [6.45, 7) is 7.17. The van der Waals surface area contributed by atoms with Gasteiger partial charge >= 0.3 is 0 Å². The highest BCUT2D eigenvalue weighted by atomic mass is 35.5. The largest absolute Gasteiger partial charge is 0.325 e. The maximum atomic E-state index is 12.7. The van der Waals surface area contributed by atoms with Crippen LogP contribution in [0.15, 0.2) is 48.5 Å². The van der Waals surface area contributed by atoms with Crippen LogP contribution in [0, 0.1) is 4.77 Å². The summed E-state index contributed by atoms with van der Waals surface area (Å²) in [5, 5.41) is 10.6. The fraction of sp³-hybridized carbons (Fsp3) is 0.286. The van der Waals surface area contributed by atoms with Gasteiger partial charge in [-0.25, -0.2) is 0 Å². The van der Waals surface area contributed by atoms with Crippen LogP contribution in [-0.2, 0) is 17.9 Å². The number of H-pyrrole nitrogens is 1. The van der Waals surface area contributed by atoms with E-state index in [1.807, 2.05) is 30.3 Å². The number of nitrogens with one attached hydrogen (secondary N) is 2. The van der Waals surface area contributed by atoms with Crippen LogP contribution < -0.4 is 5.32 Å². The molecule has 0 aliphatic carbocycles. The molecular formula is C21H24ClN5OS. The Morgan fingerprint density at radius 2 is 1.93 bits per heavy atom. The van der Waals surface area contributed by atoms with Crippen molar-refractivity contribution >= 4 is 35.4 Å². The maximum Gasteiger partial charge on any atom is 0.244 e. The fourth-order valence-corrected chi connectivity index (χ4v) is 3.40. The molecule has 6 nitrogen and oxygen atoms in total. The van der Waals surface area contributed by atoms with Gasteiger partial charge in [-0.3, -0.25) is 19.4 Å². The Balaban J connectivity index is 1.73. The number of aromatic amines is 1. The molecule has 2 N–H and O–H groups in total. The van der Waals surface area contributed by atoms with E-state index in [2.05, 4.69) is 40.3 Å². The monoisotopic (exact) mass is 429 g/mol. The lowest BCUT2D eigenvalue weighted by Crippen LogP contribution is -2.22. The first-order valence-corrected chi connectivity index (χ1v) is 10.3. The van der Waals surface area contributed by atoms with Gasteiger partial charge in [0.2, 0.25) is 5.91 Å².